The zero-order valence-electron chi connectivity index (χ0n) is 10.8. The van der Waals surface area contributed by atoms with Crippen molar-refractivity contribution >= 4 is 57.6 Å². The number of thiocarbonyl (C=S) groups is 1. The van der Waals surface area contributed by atoms with E-state index in [1.807, 2.05) is 25.1 Å². The normalized spacial score (nSPS) is 17.2. The molecule has 0 saturated carbocycles. The van der Waals surface area contributed by atoms with E-state index in [1.165, 1.54) is 21.5 Å². The molecule has 1 aromatic heterocycles. The van der Waals surface area contributed by atoms with E-state index in [9.17, 15) is 9.59 Å². The molecule has 2 rings (SSSR count). The van der Waals surface area contributed by atoms with Crippen LogP contribution in [0.25, 0.3) is 6.08 Å². The molecule has 0 atom stereocenters. The van der Waals surface area contributed by atoms with Crippen molar-refractivity contribution in [2.45, 2.75) is 19.8 Å². The fourth-order valence-corrected chi connectivity index (χ4v) is 3.94. The summed E-state index contributed by atoms with van der Waals surface area (Å²) in [6.45, 7) is 2.37. The SMILES string of the molecule is Cc1ccc(/C=C2\SC(=S)N(CCCC(=O)O)C2=O)s1. The Hall–Kier alpha value is -1.18. The number of aliphatic carboxylic acids is 1. The summed E-state index contributed by atoms with van der Waals surface area (Å²) in [6, 6.07) is 3.97. The maximum Gasteiger partial charge on any atom is 0.303 e. The zero-order valence-corrected chi connectivity index (χ0v) is 13.2. The number of aryl methyl sites for hydroxylation is 1. The Morgan fingerprint density at radius 2 is 2.25 bits per heavy atom. The van der Waals surface area contributed by atoms with E-state index in [0.717, 1.165) is 4.88 Å². The first-order valence-electron chi connectivity index (χ1n) is 6.01. The average Bonchev–Trinajstić information content (AvgIpc) is 2.88. The van der Waals surface area contributed by atoms with Gasteiger partial charge in [0.15, 0.2) is 0 Å². The Bertz CT molecular complexity index is 591. The minimum Gasteiger partial charge on any atom is -0.481 e. The molecular formula is C13H13NO3S3. The smallest absolute Gasteiger partial charge is 0.303 e. The van der Waals surface area contributed by atoms with Crippen molar-refractivity contribution in [3.8, 4) is 0 Å². The lowest BCUT2D eigenvalue weighted by Crippen LogP contribution is -2.29. The van der Waals surface area contributed by atoms with Gasteiger partial charge in [0.1, 0.15) is 4.32 Å². The summed E-state index contributed by atoms with van der Waals surface area (Å²) in [5.74, 6) is -0.989. The van der Waals surface area contributed by atoms with Crippen molar-refractivity contribution in [1.29, 1.82) is 0 Å². The van der Waals surface area contributed by atoms with Crippen LogP contribution in [0, 0.1) is 6.92 Å². The summed E-state index contributed by atoms with van der Waals surface area (Å²) in [6.07, 6.45) is 2.29. The lowest BCUT2D eigenvalue weighted by Gasteiger charge is -2.13. The predicted octanol–water partition coefficient (Wildman–Crippen LogP) is 3.12. The number of amides is 1. The number of thioether (sulfide) groups is 1. The third kappa shape index (κ3) is 3.68. The molecule has 1 saturated heterocycles. The summed E-state index contributed by atoms with van der Waals surface area (Å²) in [4.78, 5) is 27.0. The number of hydrogen-bond donors (Lipinski definition) is 1. The number of carbonyl (C=O) groups is 2. The van der Waals surface area contributed by atoms with Crippen LogP contribution in [0.3, 0.4) is 0 Å². The number of carbonyl (C=O) groups excluding carboxylic acids is 1. The van der Waals surface area contributed by atoms with Gasteiger partial charge >= 0.3 is 5.97 Å². The summed E-state index contributed by atoms with van der Waals surface area (Å²) in [7, 11) is 0. The van der Waals surface area contributed by atoms with Gasteiger partial charge in [-0.15, -0.1) is 11.3 Å². The van der Waals surface area contributed by atoms with Crippen LogP contribution >= 0.6 is 35.3 Å². The van der Waals surface area contributed by atoms with Gasteiger partial charge in [0.2, 0.25) is 0 Å². The molecule has 0 bridgehead atoms. The molecule has 7 heteroatoms. The Labute approximate surface area is 130 Å². The van der Waals surface area contributed by atoms with E-state index in [1.54, 1.807) is 11.3 Å². The molecule has 1 aromatic rings. The van der Waals surface area contributed by atoms with E-state index in [2.05, 4.69) is 0 Å². The van der Waals surface area contributed by atoms with Crippen LogP contribution in [-0.2, 0) is 9.59 Å². The number of thiophene rings is 1. The molecule has 0 aliphatic carbocycles. The highest BCUT2D eigenvalue weighted by Gasteiger charge is 2.31. The van der Waals surface area contributed by atoms with E-state index in [0.29, 0.717) is 22.2 Å². The molecule has 0 radical (unpaired) electrons. The standard InChI is InChI=1S/C13H13NO3S3/c1-8-4-5-9(19-8)7-10-12(17)14(13(18)20-10)6-2-3-11(15)16/h4-5,7H,2-3,6H2,1H3,(H,15,16)/b10-7-. The predicted molar refractivity (Wildman–Crippen MR) is 85.8 cm³/mol. The highest BCUT2D eigenvalue weighted by atomic mass is 32.2. The first kappa shape index (κ1) is 15.2. The molecule has 2 heterocycles. The highest BCUT2D eigenvalue weighted by Crippen LogP contribution is 2.33. The van der Waals surface area contributed by atoms with Crippen molar-refractivity contribution in [2.75, 3.05) is 6.54 Å². The number of hydrogen-bond acceptors (Lipinski definition) is 5. The minimum absolute atomic E-state index is 0.0419. The first-order chi connectivity index (χ1) is 9.47. The van der Waals surface area contributed by atoms with Gasteiger partial charge in [0.25, 0.3) is 5.91 Å². The molecule has 1 aliphatic rings. The van der Waals surface area contributed by atoms with Crippen LogP contribution in [-0.4, -0.2) is 32.7 Å². The van der Waals surface area contributed by atoms with Gasteiger partial charge in [-0.1, -0.05) is 24.0 Å². The zero-order chi connectivity index (χ0) is 14.7. The van der Waals surface area contributed by atoms with Crippen molar-refractivity contribution in [3.63, 3.8) is 0 Å². The fourth-order valence-electron chi connectivity index (χ4n) is 1.74. The van der Waals surface area contributed by atoms with E-state index >= 15 is 0 Å². The van der Waals surface area contributed by atoms with Gasteiger partial charge in [-0.05, 0) is 31.6 Å². The first-order valence-corrected chi connectivity index (χ1v) is 8.05. The van der Waals surface area contributed by atoms with Crippen LogP contribution in [0.2, 0.25) is 0 Å². The molecule has 1 aliphatic heterocycles. The van der Waals surface area contributed by atoms with Gasteiger partial charge in [-0.2, -0.15) is 0 Å². The molecule has 0 spiro atoms. The van der Waals surface area contributed by atoms with Gasteiger partial charge in [-0.25, -0.2) is 0 Å². The largest absolute Gasteiger partial charge is 0.481 e. The molecule has 1 amide bonds. The topological polar surface area (TPSA) is 57.6 Å². The van der Waals surface area contributed by atoms with Gasteiger partial charge in [-0.3, -0.25) is 14.5 Å². The number of carboxylic acids is 1. The van der Waals surface area contributed by atoms with E-state index in [4.69, 9.17) is 17.3 Å². The Balaban J connectivity index is 2.04. The molecule has 0 aromatic carbocycles. The summed E-state index contributed by atoms with van der Waals surface area (Å²) >= 11 is 8.07. The second-order valence-corrected chi connectivity index (χ2v) is 7.27. The summed E-state index contributed by atoms with van der Waals surface area (Å²) < 4.78 is 0.500. The maximum absolute atomic E-state index is 12.2. The van der Waals surface area contributed by atoms with Gasteiger partial charge < -0.3 is 5.11 Å². The van der Waals surface area contributed by atoms with Crippen LogP contribution in [0.4, 0.5) is 0 Å². The molecule has 1 fully saturated rings. The van der Waals surface area contributed by atoms with E-state index in [-0.39, 0.29) is 12.3 Å². The lowest BCUT2D eigenvalue weighted by molar-refractivity contribution is -0.137. The van der Waals surface area contributed by atoms with Crippen molar-refractivity contribution in [2.24, 2.45) is 0 Å². The fraction of sp³-hybridized carbons (Fsp3) is 0.308. The summed E-state index contributed by atoms with van der Waals surface area (Å²) in [5, 5.41) is 8.62. The second kappa shape index (κ2) is 6.51. The van der Waals surface area contributed by atoms with Crippen LogP contribution in [0.5, 0.6) is 0 Å². The number of nitrogens with zero attached hydrogens (tertiary/aromatic N) is 1. The monoisotopic (exact) mass is 327 g/mol. The highest BCUT2D eigenvalue weighted by molar-refractivity contribution is 8.26. The Kier molecular flexibility index (Phi) is 4.95. The van der Waals surface area contributed by atoms with Crippen LogP contribution < -0.4 is 0 Å². The minimum atomic E-state index is -0.861. The molecule has 1 N–H and O–H groups in total. The van der Waals surface area contributed by atoms with Gasteiger partial charge in [0.05, 0.1) is 4.91 Å². The number of carboxylic acid groups (broad SMARTS) is 1. The van der Waals surface area contributed by atoms with E-state index < -0.39 is 5.97 Å². The van der Waals surface area contributed by atoms with Gasteiger partial charge in [0, 0.05) is 22.7 Å². The maximum atomic E-state index is 12.2. The molecular weight excluding hydrogens is 314 g/mol. The lowest BCUT2D eigenvalue weighted by atomic mass is 10.3. The molecule has 0 unspecified atom stereocenters. The molecule has 4 nitrogen and oxygen atoms in total. The van der Waals surface area contributed by atoms with Crippen LogP contribution in [0.15, 0.2) is 17.0 Å². The van der Waals surface area contributed by atoms with Crippen LogP contribution in [0.1, 0.15) is 22.6 Å². The summed E-state index contributed by atoms with van der Waals surface area (Å²) in [5.41, 5.74) is 0. The quantitative estimate of drug-likeness (QED) is 0.665. The number of rotatable bonds is 5. The molecule has 20 heavy (non-hydrogen) atoms. The van der Waals surface area contributed by atoms with Crippen molar-refractivity contribution < 1.29 is 14.7 Å². The Morgan fingerprint density at radius 1 is 1.50 bits per heavy atom. The average molecular weight is 327 g/mol. The molecule has 106 valence electrons. The Morgan fingerprint density at radius 3 is 2.85 bits per heavy atom. The van der Waals surface area contributed by atoms with Crippen molar-refractivity contribution in [1.82, 2.24) is 4.90 Å². The van der Waals surface area contributed by atoms with Crippen molar-refractivity contribution in [3.05, 3.63) is 26.8 Å². The third-order valence-electron chi connectivity index (χ3n) is 2.68. The second-order valence-electron chi connectivity index (χ2n) is 4.28. The third-order valence-corrected chi connectivity index (χ3v) is 5.01.